The Kier molecular flexibility index (Phi) is 4.64. The van der Waals surface area contributed by atoms with Crippen LogP contribution in [-0.2, 0) is 6.54 Å². The van der Waals surface area contributed by atoms with Gasteiger partial charge in [0, 0.05) is 24.1 Å². The average molecular weight is 393 g/mol. The lowest BCUT2D eigenvalue weighted by atomic mass is 10.0. The van der Waals surface area contributed by atoms with Crippen molar-refractivity contribution in [1.82, 2.24) is 19.8 Å². The van der Waals surface area contributed by atoms with Crippen molar-refractivity contribution in [1.29, 1.82) is 0 Å². The first-order valence-electron chi connectivity index (χ1n) is 9.98. The largest absolute Gasteiger partial charge is 0.467 e. The summed E-state index contributed by atoms with van der Waals surface area (Å²) in [4.78, 5) is 6.88. The summed E-state index contributed by atoms with van der Waals surface area (Å²) in [6.45, 7) is 0.642. The van der Waals surface area contributed by atoms with Gasteiger partial charge in [-0.3, -0.25) is 4.98 Å². The molecule has 5 nitrogen and oxygen atoms in total. The molecular weight excluding hydrogens is 368 g/mol. The minimum atomic E-state index is 0.0127. The lowest BCUT2D eigenvalue weighted by molar-refractivity contribution is 0.271. The summed E-state index contributed by atoms with van der Waals surface area (Å²) in [5, 5.41) is 4.28. The fourth-order valence-electron chi connectivity index (χ4n) is 4.64. The van der Waals surface area contributed by atoms with Gasteiger partial charge in [-0.15, -0.1) is 0 Å². The molecule has 1 N–H and O–H groups in total. The Balaban J connectivity index is 1.56. The predicted octanol–water partition coefficient (Wildman–Crippen LogP) is 4.76. The smallest absolute Gasteiger partial charge is 0.170 e. The van der Waals surface area contributed by atoms with Crippen LogP contribution in [0.15, 0.2) is 65.5 Å². The zero-order chi connectivity index (χ0) is 18.9. The van der Waals surface area contributed by atoms with E-state index in [-0.39, 0.29) is 12.1 Å². The maximum absolute atomic E-state index is 5.76. The van der Waals surface area contributed by atoms with Crippen molar-refractivity contribution in [3.8, 4) is 0 Å². The molecule has 0 radical (unpaired) electrons. The molecule has 4 heterocycles. The number of pyridine rings is 1. The van der Waals surface area contributed by atoms with E-state index in [1.54, 1.807) is 6.26 Å². The van der Waals surface area contributed by atoms with Gasteiger partial charge in [0.15, 0.2) is 5.11 Å². The van der Waals surface area contributed by atoms with Crippen LogP contribution < -0.4 is 5.32 Å². The van der Waals surface area contributed by atoms with E-state index < -0.39 is 0 Å². The Morgan fingerprint density at radius 3 is 2.75 bits per heavy atom. The highest BCUT2D eigenvalue weighted by atomic mass is 32.1. The number of furan rings is 1. The van der Waals surface area contributed by atoms with Crippen LogP contribution in [0.4, 0.5) is 0 Å². The van der Waals surface area contributed by atoms with Crippen molar-refractivity contribution < 1.29 is 4.42 Å². The average Bonchev–Trinajstić information content (AvgIpc) is 3.51. The molecule has 5 rings (SSSR count). The minimum Gasteiger partial charge on any atom is -0.467 e. The summed E-state index contributed by atoms with van der Waals surface area (Å²) in [6, 6.07) is 15.1. The molecule has 28 heavy (non-hydrogen) atoms. The van der Waals surface area contributed by atoms with Gasteiger partial charge < -0.3 is 19.2 Å². The van der Waals surface area contributed by atoms with Gasteiger partial charge in [-0.05, 0) is 61.5 Å². The first-order chi connectivity index (χ1) is 13.8. The van der Waals surface area contributed by atoms with Gasteiger partial charge in [-0.2, -0.15) is 0 Å². The fraction of sp³-hybridized carbons (Fsp3) is 0.364. The number of rotatable bonds is 5. The van der Waals surface area contributed by atoms with Gasteiger partial charge in [0.25, 0.3) is 0 Å². The normalized spacial score (nSPS) is 22.7. The lowest BCUT2D eigenvalue weighted by Crippen LogP contribution is -2.30. The molecule has 2 atom stereocenters. The van der Waals surface area contributed by atoms with E-state index in [0.717, 1.165) is 16.6 Å². The number of hydrogen-bond acceptors (Lipinski definition) is 3. The molecule has 6 heteroatoms. The second kappa shape index (κ2) is 7.43. The van der Waals surface area contributed by atoms with E-state index in [2.05, 4.69) is 44.2 Å². The summed E-state index contributed by atoms with van der Waals surface area (Å²) in [5.74, 6) is 0.912. The number of hydrogen-bond donors (Lipinski definition) is 1. The Bertz CT molecular complexity index is 931. The van der Waals surface area contributed by atoms with Gasteiger partial charge >= 0.3 is 0 Å². The van der Waals surface area contributed by atoms with E-state index in [9.17, 15) is 0 Å². The van der Waals surface area contributed by atoms with Gasteiger partial charge in [0.1, 0.15) is 5.76 Å². The molecule has 1 aliphatic heterocycles. The summed E-state index contributed by atoms with van der Waals surface area (Å²) >= 11 is 5.76. The van der Waals surface area contributed by atoms with E-state index >= 15 is 0 Å². The fourth-order valence-corrected chi connectivity index (χ4v) is 4.95. The van der Waals surface area contributed by atoms with Crippen molar-refractivity contribution in [3.05, 3.63) is 78.3 Å². The first-order valence-corrected chi connectivity index (χ1v) is 10.4. The first kappa shape index (κ1) is 17.5. The molecule has 1 aliphatic carbocycles. The second-order valence-corrected chi connectivity index (χ2v) is 8.00. The molecule has 3 aromatic rings. The summed E-state index contributed by atoms with van der Waals surface area (Å²) < 4.78 is 8.10. The molecule has 1 saturated carbocycles. The van der Waals surface area contributed by atoms with Gasteiger partial charge in [-0.1, -0.05) is 18.9 Å². The third kappa shape index (κ3) is 3.11. The van der Waals surface area contributed by atoms with Crippen LogP contribution >= 0.6 is 12.2 Å². The Hall–Kier alpha value is -2.60. The van der Waals surface area contributed by atoms with Gasteiger partial charge in [0.05, 0.1) is 30.6 Å². The standard InChI is InChI=1S/C22H24N4OS/c28-22-24-20(18-10-3-4-12-23-18)21(26(22)15-17-9-6-14-27-17)19-11-5-13-25(19)16-7-1-2-8-16/h3-6,9-14,16,20-21H,1-2,7-8,15H2,(H,24,28)/t20-,21+/m0/s1. The Morgan fingerprint density at radius 2 is 2.00 bits per heavy atom. The number of aromatic nitrogens is 2. The molecule has 2 aliphatic rings. The van der Waals surface area contributed by atoms with Crippen LogP contribution in [0.5, 0.6) is 0 Å². The number of thiocarbonyl (C=S) groups is 1. The summed E-state index contributed by atoms with van der Waals surface area (Å²) in [6.07, 6.45) is 10.9. The molecule has 2 fully saturated rings. The van der Waals surface area contributed by atoms with Crippen LogP contribution in [0, 0.1) is 0 Å². The zero-order valence-electron chi connectivity index (χ0n) is 15.7. The summed E-state index contributed by atoms with van der Waals surface area (Å²) in [5.41, 5.74) is 2.30. The van der Waals surface area contributed by atoms with E-state index in [0.29, 0.717) is 12.6 Å². The Morgan fingerprint density at radius 1 is 1.11 bits per heavy atom. The van der Waals surface area contributed by atoms with Gasteiger partial charge in [0.2, 0.25) is 0 Å². The van der Waals surface area contributed by atoms with E-state index in [1.807, 2.05) is 30.5 Å². The third-order valence-electron chi connectivity index (χ3n) is 5.94. The molecule has 0 spiro atoms. The van der Waals surface area contributed by atoms with E-state index in [1.165, 1.54) is 31.4 Å². The lowest BCUT2D eigenvalue weighted by Gasteiger charge is -2.29. The highest BCUT2D eigenvalue weighted by Crippen LogP contribution is 2.42. The van der Waals surface area contributed by atoms with Crippen LogP contribution in [0.1, 0.15) is 61.0 Å². The van der Waals surface area contributed by atoms with Crippen LogP contribution in [0.3, 0.4) is 0 Å². The number of nitrogens with zero attached hydrogens (tertiary/aromatic N) is 3. The third-order valence-corrected chi connectivity index (χ3v) is 6.29. The zero-order valence-corrected chi connectivity index (χ0v) is 16.5. The van der Waals surface area contributed by atoms with Crippen LogP contribution in [0.25, 0.3) is 0 Å². The topological polar surface area (TPSA) is 46.2 Å². The SMILES string of the molecule is S=C1N[C@@H](c2ccccn2)[C@@H](c2cccn2C2CCCC2)N1Cc1ccco1. The molecular formula is C22H24N4OS. The maximum atomic E-state index is 5.76. The van der Waals surface area contributed by atoms with Crippen LogP contribution in [0.2, 0.25) is 0 Å². The van der Waals surface area contributed by atoms with Crippen molar-refractivity contribution in [3.63, 3.8) is 0 Å². The molecule has 3 aromatic heterocycles. The quantitative estimate of drug-likeness (QED) is 0.634. The minimum absolute atomic E-state index is 0.0127. The Labute approximate surface area is 170 Å². The highest BCUT2D eigenvalue weighted by molar-refractivity contribution is 7.80. The monoisotopic (exact) mass is 392 g/mol. The van der Waals surface area contributed by atoms with Crippen molar-refractivity contribution in [2.45, 2.75) is 50.4 Å². The predicted molar refractivity (Wildman–Crippen MR) is 112 cm³/mol. The molecule has 0 amide bonds. The summed E-state index contributed by atoms with van der Waals surface area (Å²) in [7, 11) is 0. The van der Waals surface area contributed by atoms with Crippen molar-refractivity contribution in [2.24, 2.45) is 0 Å². The molecule has 0 aromatic carbocycles. The van der Waals surface area contributed by atoms with Crippen molar-refractivity contribution in [2.75, 3.05) is 0 Å². The number of nitrogens with one attached hydrogen (secondary N) is 1. The molecule has 0 unspecified atom stereocenters. The van der Waals surface area contributed by atoms with Crippen molar-refractivity contribution >= 4 is 17.3 Å². The van der Waals surface area contributed by atoms with E-state index in [4.69, 9.17) is 16.6 Å². The molecule has 0 bridgehead atoms. The maximum Gasteiger partial charge on any atom is 0.170 e. The van der Waals surface area contributed by atoms with Gasteiger partial charge in [-0.25, -0.2) is 0 Å². The molecule has 144 valence electrons. The molecule has 1 saturated heterocycles. The van der Waals surface area contributed by atoms with Crippen LogP contribution in [-0.4, -0.2) is 19.6 Å². The second-order valence-electron chi connectivity index (χ2n) is 7.61. The highest BCUT2D eigenvalue weighted by Gasteiger charge is 2.42.